The van der Waals surface area contributed by atoms with E-state index in [1.807, 2.05) is 0 Å². The first kappa shape index (κ1) is 14.4. The zero-order chi connectivity index (χ0) is 15.4. The van der Waals surface area contributed by atoms with E-state index in [9.17, 15) is 4.79 Å². The molecular weight excluding hydrogens is 274 g/mol. The number of aromatic nitrogens is 2. The minimum Gasteiger partial charge on any atom is -0.330 e. The number of amides is 1. The highest BCUT2D eigenvalue weighted by Crippen LogP contribution is 2.39. The summed E-state index contributed by atoms with van der Waals surface area (Å²) in [4.78, 5) is 21.8. The molecule has 0 spiro atoms. The largest absolute Gasteiger partial charge is 0.330 e. The van der Waals surface area contributed by atoms with Crippen LogP contribution in [0.2, 0.25) is 0 Å². The summed E-state index contributed by atoms with van der Waals surface area (Å²) in [7, 11) is 0. The molecule has 0 saturated heterocycles. The van der Waals surface area contributed by atoms with Crippen LogP contribution in [0, 0.1) is 0 Å². The monoisotopic (exact) mass is 293 g/mol. The van der Waals surface area contributed by atoms with E-state index < -0.39 is 0 Å². The van der Waals surface area contributed by atoms with Gasteiger partial charge in [0.1, 0.15) is 6.33 Å². The molecule has 1 saturated carbocycles. The second-order valence-corrected chi connectivity index (χ2v) is 5.66. The molecule has 0 atom stereocenters. The predicted molar refractivity (Wildman–Crippen MR) is 84.9 cm³/mol. The van der Waals surface area contributed by atoms with E-state index >= 15 is 0 Å². The molecule has 1 aliphatic carbocycles. The van der Waals surface area contributed by atoms with Crippen LogP contribution >= 0.6 is 0 Å². The van der Waals surface area contributed by atoms with Crippen LogP contribution in [0.15, 0.2) is 55.6 Å². The number of benzene rings is 1. The first-order valence-electron chi connectivity index (χ1n) is 7.50. The summed E-state index contributed by atoms with van der Waals surface area (Å²) in [6.45, 7) is 4.63. The molecule has 1 heterocycles. The first-order valence-corrected chi connectivity index (χ1v) is 7.50. The van der Waals surface area contributed by atoms with Crippen LogP contribution in [0.25, 0.3) is 0 Å². The Morgan fingerprint density at radius 3 is 2.36 bits per heavy atom. The Morgan fingerprint density at radius 1 is 1.14 bits per heavy atom. The number of carbonyl (C=O) groups is 1. The molecule has 0 bridgehead atoms. The lowest BCUT2D eigenvalue weighted by molar-refractivity contribution is -0.127. The van der Waals surface area contributed by atoms with Crippen molar-refractivity contribution in [1.82, 2.24) is 14.9 Å². The number of rotatable bonds is 6. The van der Waals surface area contributed by atoms with Crippen molar-refractivity contribution in [3.8, 4) is 0 Å². The van der Waals surface area contributed by atoms with E-state index in [1.165, 1.54) is 30.8 Å². The summed E-state index contributed by atoms with van der Waals surface area (Å²) in [6, 6.07) is 8.57. The summed E-state index contributed by atoms with van der Waals surface area (Å²) < 4.78 is 0. The molecule has 0 radical (unpaired) electrons. The van der Waals surface area contributed by atoms with Crippen molar-refractivity contribution < 1.29 is 4.79 Å². The summed E-state index contributed by atoms with van der Waals surface area (Å²) in [5.74, 6) is 0.663. The van der Waals surface area contributed by atoms with Gasteiger partial charge in [0.05, 0.1) is 0 Å². The fraction of sp³-hybridized carbons (Fsp3) is 0.278. The summed E-state index contributed by atoms with van der Waals surface area (Å²) in [6.07, 6.45) is 8.89. The Bertz CT molecular complexity index is 648. The maximum atomic E-state index is 12.1. The number of hydrogen-bond donors (Lipinski definition) is 0. The van der Waals surface area contributed by atoms with Crippen molar-refractivity contribution in [2.24, 2.45) is 0 Å². The molecule has 2 aromatic rings. The fourth-order valence-electron chi connectivity index (χ4n) is 2.51. The molecule has 4 nitrogen and oxygen atoms in total. The zero-order valence-corrected chi connectivity index (χ0v) is 12.5. The molecule has 0 N–H and O–H groups in total. The van der Waals surface area contributed by atoms with Gasteiger partial charge >= 0.3 is 0 Å². The molecule has 112 valence electrons. The van der Waals surface area contributed by atoms with Crippen molar-refractivity contribution in [2.75, 3.05) is 0 Å². The lowest BCUT2D eigenvalue weighted by atomic mass is 10.1. The summed E-state index contributed by atoms with van der Waals surface area (Å²) >= 11 is 0. The van der Waals surface area contributed by atoms with Crippen LogP contribution in [0.4, 0.5) is 0 Å². The first-order chi connectivity index (χ1) is 10.8. The van der Waals surface area contributed by atoms with E-state index in [2.05, 4.69) is 40.8 Å². The van der Waals surface area contributed by atoms with Crippen molar-refractivity contribution in [1.29, 1.82) is 0 Å². The maximum absolute atomic E-state index is 12.1. The summed E-state index contributed by atoms with van der Waals surface area (Å²) in [5, 5.41) is 0. The average molecular weight is 293 g/mol. The van der Waals surface area contributed by atoms with Gasteiger partial charge in [-0.2, -0.15) is 0 Å². The van der Waals surface area contributed by atoms with Crippen LogP contribution in [0.1, 0.15) is 35.4 Å². The van der Waals surface area contributed by atoms with E-state index in [4.69, 9.17) is 0 Å². The summed E-state index contributed by atoms with van der Waals surface area (Å²) in [5.41, 5.74) is 3.44. The van der Waals surface area contributed by atoms with Gasteiger partial charge in [-0.25, -0.2) is 9.97 Å². The second kappa shape index (κ2) is 6.52. The van der Waals surface area contributed by atoms with Gasteiger partial charge in [0.2, 0.25) is 5.91 Å². The second-order valence-electron chi connectivity index (χ2n) is 5.66. The minimum atomic E-state index is -0.0878. The van der Waals surface area contributed by atoms with Crippen molar-refractivity contribution in [3.05, 3.63) is 72.3 Å². The van der Waals surface area contributed by atoms with Gasteiger partial charge in [-0.3, -0.25) is 4.79 Å². The Labute approximate surface area is 130 Å². The lowest BCUT2D eigenvalue weighted by Gasteiger charge is -2.21. The standard InChI is InChI=1S/C18H19N3O/c1-2-18(22)21(12-15-9-19-13-20-10-15)11-14-3-5-16(6-4-14)17-7-8-17/h2-6,9-10,13,17H,1,7-8,11-12H2. The van der Waals surface area contributed by atoms with Gasteiger partial charge in [0, 0.05) is 31.0 Å². The maximum Gasteiger partial charge on any atom is 0.246 e. The SMILES string of the molecule is C=CC(=O)N(Cc1ccc(C2CC2)cc1)Cc1cncnc1. The Hall–Kier alpha value is -2.49. The molecule has 1 aromatic carbocycles. The minimum absolute atomic E-state index is 0.0878. The third-order valence-electron chi connectivity index (χ3n) is 3.88. The van der Waals surface area contributed by atoms with Crippen LogP contribution in [-0.2, 0) is 17.9 Å². The van der Waals surface area contributed by atoms with Crippen LogP contribution in [0.3, 0.4) is 0 Å². The lowest BCUT2D eigenvalue weighted by Crippen LogP contribution is -2.28. The third kappa shape index (κ3) is 3.58. The van der Waals surface area contributed by atoms with Gasteiger partial charge in [-0.15, -0.1) is 0 Å². The van der Waals surface area contributed by atoms with Crippen molar-refractivity contribution >= 4 is 5.91 Å². The van der Waals surface area contributed by atoms with Gasteiger partial charge in [0.15, 0.2) is 0 Å². The Morgan fingerprint density at radius 2 is 1.77 bits per heavy atom. The highest BCUT2D eigenvalue weighted by atomic mass is 16.2. The third-order valence-corrected chi connectivity index (χ3v) is 3.88. The van der Waals surface area contributed by atoms with Gasteiger partial charge in [0.25, 0.3) is 0 Å². The fourth-order valence-corrected chi connectivity index (χ4v) is 2.51. The Balaban J connectivity index is 1.71. The number of hydrogen-bond acceptors (Lipinski definition) is 3. The topological polar surface area (TPSA) is 46.1 Å². The van der Waals surface area contributed by atoms with E-state index in [0.717, 1.165) is 17.0 Å². The number of nitrogens with zero attached hydrogens (tertiary/aromatic N) is 3. The highest BCUT2D eigenvalue weighted by molar-refractivity contribution is 5.86. The molecule has 1 aliphatic rings. The smallest absolute Gasteiger partial charge is 0.246 e. The van der Waals surface area contributed by atoms with Crippen LogP contribution < -0.4 is 0 Å². The molecule has 22 heavy (non-hydrogen) atoms. The zero-order valence-electron chi connectivity index (χ0n) is 12.5. The molecule has 0 unspecified atom stereocenters. The Kier molecular flexibility index (Phi) is 4.28. The molecule has 0 aliphatic heterocycles. The van der Waals surface area contributed by atoms with Crippen molar-refractivity contribution in [3.63, 3.8) is 0 Å². The van der Waals surface area contributed by atoms with Gasteiger partial charge in [-0.05, 0) is 36.0 Å². The molecule has 1 fully saturated rings. The average Bonchev–Trinajstić information content (AvgIpc) is 3.40. The molecule has 1 amide bonds. The van der Waals surface area contributed by atoms with Crippen molar-refractivity contribution in [2.45, 2.75) is 31.8 Å². The molecular formula is C18H19N3O. The highest BCUT2D eigenvalue weighted by Gasteiger charge is 2.23. The number of carbonyl (C=O) groups excluding carboxylic acids is 1. The molecule has 4 heteroatoms. The van der Waals surface area contributed by atoms with Gasteiger partial charge in [-0.1, -0.05) is 30.8 Å². The molecule has 3 rings (SSSR count). The normalized spacial score (nSPS) is 13.6. The van der Waals surface area contributed by atoms with E-state index in [1.54, 1.807) is 17.3 Å². The molecule has 1 aromatic heterocycles. The van der Waals surface area contributed by atoms with Crippen LogP contribution in [-0.4, -0.2) is 20.8 Å². The predicted octanol–water partition coefficient (Wildman–Crippen LogP) is 3.07. The van der Waals surface area contributed by atoms with Crippen LogP contribution in [0.5, 0.6) is 0 Å². The van der Waals surface area contributed by atoms with E-state index in [0.29, 0.717) is 13.1 Å². The quantitative estimate of drug-likeness (QED) is 0.769. The van der Waals surface area contributed by atoms with Gasteiger partial charge < -0.3 is 4.90 Å². The van der Waals surface area contributed by atoms with E-state index in [-0.39, 0.29) is 5.91 Å².